The van der Waals surface area contributed by atoms with E-state index in [2.05, 4.69) is 19.9 Å². The molecule has 3 heterocycles. The maximum absolute atomic E-state index is 14.2. The number of aryl methyl sites for hydroxylation is 2. The minimum Gasteiger partial charge on any atom is -0.465 e. The minimum atomic E-state index is -3.92. The number of esters is 1. The molecule has 3 aromatic heterocycles. The number of carbonyl (C=O) groups excluding carboxylic acids is 1. The number of nitrogen functional groups attached to an aromatic ring is 1. The molecule has 0 saturated carbocycles. The van der Waals surface area contributed by atoms with E-state index in [0.717, 1.165) is 25.3 Å². The summed E-state index contributed by atoms with van der Waals surface area (Å²) in [6, 6.07) is 7.68. The first kappa shape index (κ1) is 35.4. The third kappa shape index (κ3) is 7.24. The van der Waals surface area contributed by atoms with E-state index in [9.17, 15) is 40.4 Å². The number of hydrogen-bond donors (Lipinski definition) is 3. The first-order valence-electron chi connectivity index (χ1n) is 13.7. The van der Waals surface area contributed by atoms with Crippen molar-refractivity contribution in [2.75, 3.05) is 23.9 Å². The molecule has 14 nitrogen and oxygen atoms in total. The first-order valence-corrected chi connectivity index (χ1v) is 15.6. The average Bonchev–Trinajstić information content (AvgIpc) is 3.60. The second-order valence-electron chi connectivity index (χ2n) is 10.8. The number of anilines is 1. The second kappa shape index (κ2) is 12.6. The summed E-state index contributed by atoms with van der Waals surface area (Å²) in [4.78, 5) is 40.4. The molecule has 0 fully saturated rings. The Morgan fingerprint density at radius 3 is 1.85 bits per heavy atom. The Labute approximate surface area is 269 Å². The molecule has 2 aromatic carbocycles. The zero-order chi connectivity index (χ0) is 35.9. The number of nitrogens with zero attached hydrogens (tertiary/aromatic N) is 5. The molecule has 4 N–H and O–H groups in total. The van der Waals surface area contributed by atoms with Gasteiger partial charge in [0.2, 0.25) is 10.0 Å². The van der Waals surface area contributed by atoms with E-state index in [1.807, 2.05) is 0 Å². The molecule has 0 aliphatic rings. The fourth-order valence-corrected chi connectivity index (χ4v) is 5.34. The molecule has 0 atom stereocenters. The number of benzene rings is 2. The monoisotopic (exact) mass is 694 g/mol. The predicted molar refractivity (Wildman–Crippen MR) is 169 cm³/mol. The SMILES string of the molecule is COC(=O)c1cc(-c2ccnn2C)c(C(C)(F)F)cc1N.Cn1nccc1-c1cc2c(=O)n(NS(C)(=O)=O)c(=O)[nH]c2cc1C(C)(F)F. The summed E-state index contributed by atoms with van der Waals surface area (Å²) in [6.07, 6.45) is 3.67. The highest BCUT2D eigenvalue weighted by molar-refractivity contribution is 7.91. The third-order valence-electron chi connectivity index (χ3n) is 7.03. The number of ether oxygens (including phenoxy) is 1. The van der Waals surface area contributed by atoms with Crippen molar-refractivity contribution < 1.29 is 35.5 Å². The normalized spacial score (nSPS) is 12.0. The molecule has 48 heavy (non-hydrogen) atoms. The number of hydrogen-bond acceptors (Lipinski definition) is 9. The van der Waals surface area contributed by atoms with Gasteiger partial charge in [0.1, 0.15) is 0 Å². The van der Waals surface area contributed by atoms with Crippen molar-refractivity contribution in [2.45, 2.75) is 25.7 Å². The van der Waals surface area contributed by atoms with E-state index < -0.39 is 44.7 Å². The minimum absolute atomic E-state index is 0.0325. The summed E-state index contributed by atoms with van der Waals surface area (Å²) in [6.45, 7) is 1.47. The van der Waals surface area contributed by atoms with Gasteiger partial charge in [0.25, 0.3) is 17.4 Å². The lowest BCUT2D eigenvalue weighted by molar-refractivity contribution is 0.0174. The first-order chi connectivity index (χ1) is 22.1. The van der Waals surface area contributed by atoms with Crippen LogP contribution in [0.3, 0.4) is 0 Å². The van der Waals surface area contributed by atoms with Crippen LogP contribution in [0.2, 0.25) is 0 Å². The van der Waals surface area contributed by atoms with E-state index in [-0.39, 0.29) is 43.5 Å². The molecule has 19 heteroatoms. The fourth-order valence-electron chi connectivity index (χ4n) is 4.84. The summed E-state index contributed by atoms with van der Waals surface area (Å²) in [5.41, 5.74) is 3.78. The molecule has 5 aromatic rings. The molecule has 0 bridgehead atoms. The highest BCUT2D eigenvalue weighted by atomic mass is 32.2. The Bertz CT molecular complexity index is 2260. The molecular weight excluding hydrogens is 664 g/mol. The van der Waals surface area contributed by atoms with Gasteiger partial charge in [-0.15, -0.1) is 0 Å². The van der Waals surface area contributed by atoms with E-state index in [1.54, 1.807) is 25.0 Å². The molecule has 0 unspecified atom stereocenters. The van der Waals surface area contributed by atoms with Crippen LogP contribution < -0.4 is 21.8 Å². The highest BCUT2D eigenvalue weighted by Gasteiger charge is 2.32. The maximum atomic E-state index is 14.2. The molecule has 0 aliphatic heterocycles. The van der Waals surface area contributed by atoms with Crippen molar-refractivity contribution in [3.05, 3.63) is 86.3 Å². The fraction of sp³-hybridized carbons (Fsp3) is 0.276. The Hall–Kier alpha value is -5.46. The summed E-state index contributed by atoms with van der Waals surface area (Å²) >= 11 is 0. The maximum Gasteiger partial charge on any atom is 0.348 e. The van der Waals surface area contributed by atoms with Gasteiger partial charge < -0.3 is 15.5 Å². The van der Waals surface area contributed by atoms with Gasteiger partial charge in [-0.2, -0.15) is 14.9 Å². The average molecular weight is 695 g/mol. The number of halogens is 4. The van der Waals surface area contributed by atoms with E-state index >= 15 is 0 Å². The molecule has 0 aliphatic carbocycles. The Kier molecular flexibility index (Phi) is 9.31. The van der Waals surface area contributed by atoms with Gasteiger partial charge in [0.05, 0.1) is 41.2 Å². The van der Waals surface area contributed by atoms with Crippen LogP contribution in [0.4, 0.5) is 23.2 Å². The van der Waals surface area contributed by atoms with Crippen molar-refractivity contribution >= 4 is 32.6 Å². The summed E-state index contributed by atoms with van der Waals surface area (Å²) in [5, 5.41) is 7.75. The van der Waals surface area contributed by atoms with Gasteiger partial charge in [-0.25, -0.2) is 40.4 Å². The van der Waals surface area contributed by atoms with Crippen LogP contribution in [0.25, 0.3) is 33.4 Å². The Morgan fingerprint density at radius 2 is 1.42 bits per heavy atom. The smallest absolute Gasteiger partial charge is 0.348 e. The number of methoxy groups -OCH3 is 1. The van der Waals surface area contributed by atoms with Gasteiger partial charge >= 0.3 is 11.7 Å². The van der Waals surface area contributed by atoms with Crippen LogP contribution in [0.5, 0.6) is 0 Å². The lowest BCUT2D eigenvalue weighted by Crippen LogP contribution is -2.43. The van der Waals surface area contributed by atoms with Gasteiger partial charge in [0, 0.05) is 68.3 Å². The Balaban J connectivity index is 0.000000224. The number of sulfonamides is 1. The number of aromatic amines is 1. The molecule has 0 amide bonds. The predicted octanol–water partition coefficient (Wildman–Crippen LogP) is 3.27. The largest absolute Gasteiger partial charge is 0.465 e. The van der Waals surface area contributed by atoms with Crippen molar-refractivity contribution in [2.24, 2.45) is 14.1 Å². The van der Waals surface area contributed by atoms with E-state index in [1.165, 1.54) is 47.1 Å². The number of H-pyrrole nitrogens is 1. The summed E-state index contributed by atoms with van der Waals surface area (Å²) in [7, 11) is 0.454. The van der Waals surface area contributed by atoms with Crippen molar-refractivity contribution in [1.29, 1.82) is 0 Å². The number of nitrogens with two attached hydrogens (primary N) is 1. The molecule has 256 valence electrons. The van der Waals surface area contributed by atoms with Gasteiger partial charge in [-0.3, -0.25) is 14.2 Å². The van der Waals surface area contributed by atoms with Gasteiger partial charge in [-0.1, -0.05) is 0 Å². The highest BCUT2D eigenvalue weighted by Crippen LogP contribution is 2.39. The second-order valence-corrected chi connectivity index (χ2v) is 12.5. The standard InChI is InChI=1S/C15H15F2N5O4S.C14H15F2N3O2/c1-15(16,17)10-7-11-9(6-8(10)12-4-5-18-21(12)2)13(23)22(14(24)19-11)20-27(3,25)26;1-14(15,16)10-7-11(17)9(13(20)21-3)6-8(10)12-4-5-18-19(12)2/h4-7,20H,1-3H3,(H,19,24);4-7H,17H2,1-3H3. The van der Waals surface area contributed by atoms with Crippen LogP contribution in [0.15, 0.2) is 58.4 Å². The van der Waals surface area contributed by atoms with Crippen LogP contribution in [0, 0.1) is 0 Å². The topological polar surface area (TPSA) is 189 Å². The van der Waals surface area contributed by atoms with Crippen LogP contribution in [0.1, 0.15) is 35.3 Å². The van der Waals surface area contributed by atoms with E-state index in [0.29, 0.717) is 18.3 Å². The zero-order valence-electron chi connectivity index (χ0n) is 26.3. The molecule has 5 rings (SSSR count). The van der Waals surface area contributed by atoms with Crippen LogP contribution in [-0.4, -0.2) is 57.0 Å². The number of carbonyl (C=O) groups is 1. The number of alkyl halides is 4. The number of nitrogens with one attached hydrogen (secondary N) is 2. The third-order valence-corrected chi connectivity index (χ3v) is 7.54. The number of rotatable bonds is 7. The van der Waals surface area contributed by atoms with Crippen molar-refractivity contribution in [3.8, 4) is 22.5 Å². The zero-order valence-corrected chi connectivity index (χ0v) is 27.1. The van der Waals surface area contributed by atoms with E-state index in [4.69, 9.17) is 5.73 Å². The number of aromatic nitrogens is 6. The number of fused-ring (bicyclic) bond motifs is 1. The lowest BCUT2D eigenvalue weighted by Gasteiger charge is -2.18. The molecule has 0 spiro atoms. The molecule has 0 saturated heterocycles. The van der Waals surface area contributed by atoms with Gasteiger partial charge in [-0.05, 0) is 36.4 Å². The van der Waals surface area contributed by atoms with Crippen molar-refractivity contribution in [3.63, 3.8) is 0 Å². The van der Waals surface area contributed by atoms with Crippen LogP contribution >= 0.6 is 0 Å². The summed E-state index contributed by atoms with van der Waals surface area (Å²) in [5.74, 6) is -7.06. The Morgan fingerprint density at radius 1 is 0.917 bits per heavy atom. The summed E-state index contributed by atoms with van der Waals surface area (Å²) < 4.78 is 86.5. The molecular formula is C29H30F4N8O6S. The van der Waals surface area contributed by atoms with Crippen molar-refractivity contribution in [1.82, 2.24) is 29.2 Å². The quantitative estimate of drug-likeness (QED) is 0.130. The van der Waals surface area contributed by atoms with Gasteiger partial charge in [0.15, 0.2) is 0 Å². The van der Waals surface area contributed by atoms with Crippen LogP contribution in [-0.2, 0) is 40.7 Å². The molecule has 0 radical (unpaired) electrons. The lowest BCUT2D eigenvalue weighted by atomic mass is 9.96.